The van der Waals surface area contributed by atoms with Gasteiger partial charge in [0, 0.05) is 6.08 Å². The van der Waals surface area contributed by atoms with E-state index in [-0.39, 0.29) is 5.91 Å². The predicted octanol–water partition coefficient (Wildman–Crippen LogP) is 3.37. The fourth-order valence-electron chi connectivity index (χ4n) is 3.05. The number of carbonyl (C=O) groups excluding carboxylic acids is 1. The largest absolute Gasteiger partial charge is 0.394 e. The van der Waals surface area contributed by atoms with Crippen LogP contribution in [0.3, 0.4) is 0 Å². The molecule has 0 saturated heterocycles. The number of rotatable bonds is 6. The Kier molecular flexibility index (Phi) is 6.01. The predicted molar refractivity (Wildman–Crippen MR) is 108 cm³/mol. The number of amides is 1. The fourth-order valence-corrected chi connectivity index (χ4v) is 3.05. The summed E-state index contributed by atoms with van der Waals surface area (Å²) in [6, 6.07) is 20.7. The van der Waals surface area contributed by atoms with Crippen molar-refractivity contribution in [3.8, 4) is 0 Å². The molecule has 4 nitrogen and oxygen atoms in total. The quantitative estimate of drug-likeness (QED) is 0.590. The van der Waals surface area contributed by atoms with Gasteiger partial charge in [-0.25, -0.2) is 0 Å². The molecule has 1 amide bonds. The van der Waals surface area contributed by atoms with E-state index < -0.39 is 18.8 Å². The summed E-state index contributed by atoms with van der Waals surface area (Å²) in [5.74, 6) is -0.330. The van der Waals surface area contributed by atoms with Gasteiger partial charge in [0.15, 0.2) is 0 Å². The van der Waals surface area contributed by atoms with Crippen molar-refractivity contribution >= 4 is 22.8 Å². The van der Waals surface area contributed by atoms with Gasteiger partial charge in [0.05, 0.1) is 12.6 Å². The summed E-state index contributed by atoms with van der Waals surface area (Å²) in [4.78, 5) is 12.4. The normalized spacial score (nSPS) is 13.6. The second-order valence-electron chi connectivity index (χ2n) is 6.53. The van der Waals surface area contributed by atoms with Crippen molar-refractivity contribution in [3.05, 3.63) is 89.5 Å². The van der Waals surface area contributed by atoms with E-state index in [1.807, 2.05) is 73.7 Å². The Bertz CT molecular complexity index is 965. The summed E-state index contributed by atoms with van der Waals surface area (Å²) in [7, 11) is 0. The Labute approximate surface area is 158 Å². The Hall–Kier alpha value is -2.95. The zero-order chi connectivity index (χ0) is 19.2. The lowest BCUT2D eigenvalue weighted by molar-refractivity contribution is -0.118. The lowest BCUT2D eigenvalue weighted by atomic mass is 9.98. The number of hydrogen-bond donors (Lipinski definition) is 3. The highest BCUT2D eigenvalue weighted by atomic mass is 16.3. The van der Waals surface area contributed by atoms with E-state index in [9.17, 15) is 15.0 Å². The SMILES string of the molecule is Cc1ccccc1/C=C/C(=O)N[C@H](c1ccc2ccccc2c1)[C@H](O)CO. The number of aliphatic hydroxyl groups excluding tert-OH is 2. The molecule has 0 bridgehead atoms. The van der Waals surface area contributed by atoms with Crippen LogP contribution < -0.4 is 5.32 Å². The van der Waals surface area contributed by atoms with Crippen LogP contribution in [0.15, 0.2) is 72.8 Å². The molecule has 3 aromatic rings. The maximum absolute atomic E-state index is 12.4. The molecule has 4 heteroatoms. The third-order valence-electron chi connectivity index (χ3n) is 4.60. The van der Waals surface area contributed by atoms with Gasteiger partial charge in [-0.2, -0.15) is 0 Å². The molecular weight excluding hydrogens is 338 g/mol. The second kappa shape index (κ2) is 8.62. The van der Waals surface area contributed by atoms with Gasteiger partial charge in [0.1, 0.15) is 6.10 Å². The standard InChI is InChI=1S/C23H23NO3/c1-16-6-2-3-7-17(16)12-13-22(27)24-23(21(26)15-25)20-11-10-18-8-4-5-9-19(18)14-20/h2-14,21,23,25-26H,15H2,1H3,(H,24,27)/b13-12+/t21-,23-/m1/s1. The van der Waals surface area contributed by atoms with E-state index in [1.54, 1.807) is 6.08 Å². The average Bonchev–Trinajstić information content (AvgIpc) is 2.70. The lowest BCUT2D eigenvalue weighted by Crippen LogP contribution is -2.37. The van der Waals surface area contributed by atoms with Gasteiger partial charge >= 0.3 is 0 Å². The van der Waals surface area contributed by atoms with Crippen molar-refractivity contribution in [3.63, 3.8) is 0 Å². The summed E-state index contributed by atoms with van der Waals surface area (Å²) >= 11 is 0. The van der Waals surface area contributed by atoms with Crippen LogP contribution in [0.2, 0.25) is 0 Å². The first-order valence-corrected chi connectivity index (χ1v) is 8.90. The van der Waals surface area contributed by atoms with Crippen LogP contribution in [0.1, 0.15) is 22.7 Å². The first-order chi connectivity index (χ1) is 13.1. The average molecular weight is 361 g/mol. The van der Waals surface area contributed by atoms with Gasteiger partial charge in [0.2, 0.25) is 5.91 Å². The second-order valence-corrected chi connectivity index (χ2v) is 6.53. The van der Waals surface area contributed by atoms with Crippen LogP contribution in [-0.4, -0.2) is 28.8 Å². The van der Waals surface area contributed by atoms with E-state index in [1.165, 1.54) is 6.08 Å². The van der Waals surface area contributed by atoms with Crippen LogP contribution in [0.4, 0.5) is 0 Å². The molecular formula is C23H23NO3. The molecule has 27 heavy (non-hydrogen) atoms. The molecule has 0 fully saturated rings. The highest BCUT2D eigenvalue weighted by Crippen LogP contribution is 2.23. The molecule has 0 radical (unpaired) electrons. The summed E-state index contributed by atoms with van der Waals surface area (Å²) in [5, 5.41) is 24.5. The molecule has 3 aromatic carbocycles. The molecule has 138 valence electrons. The van der Waals surface area contributed by atoms with E-state index in [0.29, 0.717) is 0 Å². The van der Waals surface area contributed by atoms with Gasteiger partial charge in [-0.1, -0.05) is 60.7 Å². The van der Waals surface area contributed by atoms with Crippen LogP contribution >= 0.6 is 0 Å². The third-order valence-corrected chi connectivity index (χ3v) is 4.60. The third kappa shape index (κ3) is 4.61. The Morgan fingerprint density at radius 2 is 1.74 bits per heavy atom. The van der Waals surface area contributed by atoms with E-state index >= 15 is 0 Å². The van der Waals surface area contributed by atoms with Crippen molar-refractivity contribution in [1.29, 1.82) is 0 Å². The zero-order valence-corrected chi connectivity index (χ0v) is 15.2. The van der Waals surface area contributed by atoms with Crippen LogP contribution in [0.5, 0.6) is 0 Å². The van der Waals surface area contributed by atoms with Gasteiger partial charge in [-0.3, -0.25) is 4.79 Å². The van der Waals surface area contributed by atoms with Gasteiger partial charge in [-0.05, 0) is 46.5 Å². The van der Waals surface area contributed by atoms with E-state index in [0.717, 1.165) is 27.5 Å². The molecule has 0 aliphatic heterocycles. The molecule has 3 rings (SSSR count). The first-order valence-electron chi connectivity index (χ1n) is 8.90. The van der Waals surface area contributed by atoms with Crippen molar-refractivity contribution in [2.75, 3.05) is 6.61 Å². The minimum Gasteiger partial charge on any atom is -0.394 e. The highest BCUT2D eigenvalue weighted by Gasteiger charge is 2.22. The minimum absolute atomic E-state index is 0.330. The summed E-state index contributed by atoms with van der Waals surface area (Å²) in [5.41, 5.74) is 2.77. The van der Waals surface area contributed by atoms with Crippen LogP contribution in [0, 0.1) is 6.92 Å². The van der Waals surface area contributed by atoms with Crippen molar-refractivity contribution in [2.45, 2.75) is 19.1 Å². The number of hydrogen-bond acceptors (Lipinski definition) is 3. The maximum atomic E-state index is 12.4. The van der Waals surface area contributed by atoms with Crippen molar-refractivity contribution < 1.29 is 15.0 Å². The number of nitrogens with one attached hydrogen (secondary N) is 1. The molecule has 0 unspecified atom stereocenters. The van der Waals surface area contributed by atoms with E-state index in [2.05, 4.69) is 5.32 Å². The molecule has 0 spiro atoms. The van der Waals surface area contributed by atoms with Crippen LogP contribution in [0.25, 0.3) is 16.8 Å². The molecule has 0 aliphatic carbocycles. The Balaban J connectivity index is 1.82. The smallest absolute Gasteiger partial charge is 0.244 e. The van der Waals surface area contributed by atoms with Crippen LogP contribution in [-0.2, 0) is 4.79 Å². The number of fused-ring (bicyclic) bond motifs is 1. The summed E-state index contributed by atoms with van der Waals surface area (Å²) in [6.07, 6.45) is 2.09. The zero-order valence-electron chi connectivity index (χ0n) is 15.2. The fraction of sp³-hybridized carbons (Fsp3) is 0.174. The molecule has 3 N–H and O–H groups in total. The van der Waals surface area contributed by atoms with Gasteiger partial charge < -0.3 is 15.5 Å². The van der Waals surface area contributed by atoms with Gasteiger partial charge in [-0.15, -0.1) is 0 Å². The molecule has 2 atom stereocenters. The minimum atomic E-state index is -1.10. The lowest BCUT2D eigenvalue weighted by Gasteiger charge is -2.23. The number of aryl methyl sites for hydroxylation is 1. The summed E-state index contributed by atoms with van der Waals surface area (Å²) < 4.78 is 0. The van der Waals surface area contributed by atoms with Crippen molar-refractivity contribution in [1.82, 2.24) is 5.32 Å². The number of carbonyl (C=O) groups is 1. The topological polar surface area (TPSA) is 69.6 Å². The maximum Gasteiger partial charge on any atom is 0.244 e. The molecule has 0 aromatic heterocycles. The molecule has 0 saturated carbocycles. The molecule has 0 aliphatic rings. The van der Waals surface area contributed by atoms with E-state index in [4.69, 9.17) is 0 Å². The Morgan fingerprint density at radius 3 is 2.48 bits per heavy atom. The monoisotopic (exact) mass is 361 g/mol. The summed E-state index contributed by atoms with van der Waals surface area (Å²) in [6.45, 7) is 1.53. The van der Waals surface area contributed by atoms with Gasteiger partial charge in [0.25, 0.3) is 0 Å². The van der Waals surface area contributed by atoms with Crippen molar-refractivity contribution in [2.24, 2.45) is 0 Å². The number of aliphatic hydroxyl groups is 2. The highest BCUT2D eigenvalue weighted by molar-refractivity contribution is 5.92. The number of benzene rings is 3. The first kappa shape index (κ1) is 18.8. The molecule has 0 heterocycles. The Morgan fingerprint density at radius 1 is 1.04 bits per heavy atom.